The molecule has 0 unspecified atom stereocenters. The number of para-hydroxylation sites is 2. The summed E-state index contributed by atoms with van der Waals surface area (Å²) in [6.07, 6.45) is 10.4. The van der Waals surface area contributed by atoms with Crippen LogP contribution in [0.2, 0.25) is 0 Å². The van der Waals surface area contributed by atoms with E-state index < -0.39 is 0 Å². The van der Waals surface area contributed by atoms with Gasteiger partial charge in [-0.25, -0.2) is 0 Å². The van der Waals surface area contributed by atoms with Crippen molar-refractivity contribution < 1.29 is 4.42 Å². The third-order valence-corrected chi connectivity index (χ3v) is 9.12. The minimum Gasteiger partial charge on any atom is -0.456 e. The molecule has 8 rings (SSSR count). The zero-order valence-corrected chi connectivity index (χ0v) is 34.3. The second kappa shape index (κ2) is 19.3. The molecule has 0 aliphatic carbocycles. The second-order valence-electron chi connectivity index (χ2n) is 11.7. The van der Waals surface area contributed by atoms with E-state index in [1.54, 1.807) is 0 Å². The largest absolute Gasteiger partial charge is 0.456 e. The number of allylic oxidation sites excluding steroid dienone is 2. The summed E-state index contributed by atoms with van der Waals surface area (Å²) in [4.78, 5) is 0. The Balaban J connectivity index is 0.000000764. The summed E-state index contributed by atoms with van der Waals surface area (Å²) >= 11 is 0. The van der Waals surface area contributed by atoms with E-state index in [0.29, 0.717) is 0 Å². The number of furan rings is 1. The third-order valence-electron chi connectivity index (χ3n) is 9.12. The lowest BCUT2D eigenvalue weighted by Gasteiger charge is -2.10. The molecule has 0 N–H and O–H groups in total. The normalized spacial score (nSPS) is 10.8. The second-order valence-corrected chi connectivity index (χ2v) is 11.7. The molecule has 3 heterocycles. The van der Waals surface area contributed by atoms with Crippen LogP contribution in [0.15, 0.2) is 132 Å². The van der Waals surface area contributed by atoms with Gasteiger partial charge in [0.25, 0.3) is 0 Å². The zero-order chi connectivity index (χ0) is 39.4. The van der Waals surface area contributed by atoms with Crippen LogP contribution in [-0.2, 0) is 0 Å². The first kappa shape index (κ1) is 41.0. The van der Waals surface area contributed by atoms with Gasteiger partial charge in [0.15, 0.2) is 0 Å². The Morgan fingerprint density at radius 2 is 1.04 bits per heavy atom. The lowest BCUT2D eigenvalue weighted by Crippen LogP contribution is -1.96. The standard InChI is InChI=1S/C43H34N2O.4C2H6/c1-5-14-34-35-26-29(20-23-38(35)44(37(34)7-3)31-16-10-8-11-17-31)30-21-24-39-36(27-30)42-40(45(39)32-18-12-9-13-19-32)25-22-33-28(4)41(15-6-2)46-43(33)42;4*1-2/h5-27H,3H2,1-2,4H3;4*1-2H3/b14-5-,15-6-;;;;. The summed E-state index contributed by atoms with van der Waals surface area (Å²) in [6, 6.07) is 39.2. The predicted octanol–water partition coefficient (Wildman–Crippen LogP) is 16.3. The molecule has 3 nitrogen and oxygen atoms in total. The van der Waals surface area contributed by atoms with E-state index in [0.717, 1.165) is 66.9 Å². The van der Waals surface area contributed by atoms with Gasteiger partial charge in [0, 0.05) is 38.7 Å². The van der Waals surface area contributed by atoms with Crippen LogP contribution in [0.1, 0.15) is 91.8 Å². The Bertz CT molecular complexity index is 2500. The molecule has 0 atom stereocenters. The lowest BCUT2D eigenvalue weighted by molar-refractivity contribution is 0.604. The fourth-order valence-electron chi connectivity index (χ4n) is 7.06. The number of benzene rings is 5. The number of aryl methyl sites for hydroxylation is 1. The van der Waals surface area contributed by atoms with Crippen LogP contribution in [0.25, 0.3) is 84.4 Å². The summed E-state index contributed by atoms with van der Waals surface area (Å²) in [5, 5.41) is 4.65. The van der Waals surface area contributed by atoms with E-state index >= 15 is 0 Å². The van der Waals surface area contributed by atoms with Gasteiger partial charge in [-0.05, 0) is 105 Å². The summed E-state index contributed by atoms with van der Waals surface area (Å²) in [7, 11) is 0. The molecular weight excluding hydrogens is 657 g/mol. The number of fused-ring (bicyclic) bond motifs is 6. The summed E-state index contributed by atoms with van der Waals surface area (Å²) in [5.74, 6) is 0.907. The Kier molecular flexibility index (Phi) is 14.7. The van der Waals surface area contributed by atoms with Crippen molar-refractivity contribution in [1.82, 2.24) is 9.13 Å². The Morgan fingerprint density at radius 1 is 0.537 bits per heavy atom. The van der Waals surface area contributed by atoms with Crippen LogP contribution in [0.5, 0.6) is 0 Å². The van der Waals surface area contributed by atoms with E-state index in [1.165, 1.54) is 21.9 Å². The van der Waals surface area contributed by atoms with Crippen LogP contribution >= 0.6 is 0 Å². The first-order valence-electron chi connectivity index (χ1n) is 19.8. The quantitative estimate of drug-likeness (QED) is 0.168. The molecule has 8 aromatic rings. The molecule has 0 aliphatic rings. The summed E-state index contributed by atoms with van der Waals surface area (Å²) < 4.78 is 11.3. The molecule has 0 bridgehead atoms. The highest BCUT2D eigenvalue weighted by atomic mass is 16.3. The number of aromatic nitrogens is 2. The van der Waals surface area contributed by atoms with Crippen molar-refractivity contribution in [3.05, 3.63) is 151 Å². The minimum atomic E-state index is 0.907. The first-order valence-corrected chi connectivity index (χ1v) is 19.8. The van der Waals surface area contributed by atoms with Gasteiger partial charge in [0.1, 0.15) is 11.3 Å². The molecule has 54 heavy (non-hydrogen) atoms. The number of nitrogens with zero attached hydrogens (tertiary/aromatic N) is 2. The van der Waals surface area contributed by atoms with E-state index in [4.69, 9.17) is 4.42 Å². The van der Waals surface area contributed by atoms with E-state index in [-0.39, 0.29) is 0 Å². The molecule has 0 saturated carbocycles. The SMILES string of the molecule is C=Cc1c(/C=C\C)c2cc(-c3ccc4c(c3)c3c5oc(/C=C\C)c(C)c5ccc3n4-c3ccccc3)ccc2n1-c1ccccc1.CC.CC.CC.CC. The molecule has 3 heteroatoms. The first-order chi connectivity index (χ1) is 26.6. The third kappa shape index (κ3) is 7.37. The molecule has 0 spiro atoms. The van der Waals surface area contributed by atoms with Gasteiger partial charge in [-0.1, -0.05) is 129 Å². The maximum atomic E-state index is 6.61. The van der Waals surface area contributed by atoms with Crippen molar-refractivity contribution in [1.29, 1.82) is 0 Å². The topological polar surface area (TPSA) is 23.0 Å². The van der Waals surface area contributed by atoms with E-state index in [2.05, 4.69) is 157 Å². The fraction of sp³-hybridized carbons (Fsp3) is 0.216. The highest BCUT2D eigenvalue weighted by Crippen LogP contribution is 2.42. The number of hydrogen-bond acceptors (Lipinski definition) is 1. The predicted molar refractivity (Wildman–Crippen MR) is 242 cm³/mol. The Morgan fingerprint density at radius 3 is 1.57 bits per heavy atom. The average molecular weight is 715 g/mol. The summed E-state index contributed by atoms with van der Waals surface area (Å²) in [5.41, 5.74) is 12.4. The van der Waals surface area contributed by atoms with Crippen LogP contribution in [-0.4, -0.2) is 9.13 Å². The van der Waals surface area contributed by atoms with Crippen molar-refractivity contribution in [3.63, 3.8) is 0 Å². The number of rotatable bonds is 6. The molecule has 0 radical (unpaired) electrons. The molecule has 0 saturated heterocycles. The Hall–Kier alpha value is -5.80. The molecule has 3 aromatic heterocycles. The average Bonchev–Trinajstić information content (AvgIpc) is 3.87. The van der Waals surface area contributed by atoms with Crippen LogP contribution in [0, 0.1) is 6.92 Å². The zero-order valence-electron chi connectivity index (χ0n) is 34.3. The van der Waals surface area contributed by atoms with Crippen molar-refractivity contribution in [2.24, 2.45) is 0 Å². The molecule has 5 aromatic carbocycles. The van der Waals surface area contributed by atoms with Crippen molar-refractivity contribution in [3.8, 4) is 22.5 Å². The molecule has 0 aliphatic heterocycles. The van der Waals surface area contributed by atoms with E-state index in [1.807, 2.05) is 74.5 Å². The van der Waals surface area contributed by atoms with Crippen LogP contribution in [0.4, 0.5) is 0 Å². The maximum absolute atomic E-state index is 6.61. The van der Waals surface area contributed by atoms with Gasteiger partial charge in [0.05, 0.1) is 27.6 Å². The van der Waals surface area contributed by atoms with Crippen molar-refractivity contribution in [2.75, 3.05) is 0 Å². The van der Waals surface area contributed by atoms with Gasteiger partial charge in [-0.3, -0.25) is 0 Å². The van der Waals surface area contributed by atoms with Crippen molar-refractivity contribution in [2.45, 2.75) is 76.2 Å². The molecule has 0 amide bonds. The van der Waals surface area contributed by atoms with Crippen molar-refractivity contribution >= 4 is 61.9 Å². The highest BCUT2D eigenvalue weighted by Gasteiger charge is 2.21. The number of hydrogen-bond donors (Lipinski definition) is 0. The van der Waals surface area contributed by atoms with Gasteiger partial charge >= 0.3 is 0 Å². The van der Waals surface area contributed by atoms with Gasteiger partial charge in [-0.2, -0.15) is 0 Å². The van der Waals surface area contributed by atoms with Crippen LogP contribution < -0.4 is 0 Å². The van der Waals surface area contributed by atoms with Crippen LogP contribution in [0.3, 0.4) is 0 Å². The maximum Gasteiger partial charge on any atom is 0.145 e. The summed E-state index contributed by atoms with van der Waals surface area (Å²) in [6.45, 7) is 26.4. The highest BCUT2D eigenvalue weighted by molar-refractivity contribution is 6.21. The lowest BCUT2D eigenvalue weighted by atomic mass is 9.99. The smallest absolute Gasteiger partial charge is 0.145 e. The molecule has 0 fully saturated rings. The molecular formula is C51H58N2O. The van der Waals surface area contributed by atoms with Gasteiger partial charge < -0.3 is 13.6 Å². The minimum absolute atomic E-state index is 0.907. The Labute approximate surface area is 323 Å². The van der Waals surface area contributed by atoms with E-state index in [9.17, 15) is 0 Å². The fourth-order valence-corrected chi connectivity index (χ4v) is 7.06. The van der Waals surface area contributed by atoms with Gasteiger partial charge in [-0.15, -0.1) is 0 Å². The molecule has 278 valence electrons. The van der Waals surface area contributed by atoms with Gasteiger partial charge in [0.2, 0.25) is 0 Å². The monoisotopic (exact) mass is 714 g/mol.